The fraction of sp³-hybridized carbons (Fsp3) is 0.583. The second kappa shape index (κ2) is 7.13. The summed E-state index contributed by atoms with van der Waals surface area (Å²) < 4.78 is 5.97. The van der Waals surface area contributed by atoms with Crippen LogP contribution in [0.4, 0.5) is 0 Å². The topological polar surface area (TPSA) is 114 Å². The second-order valence-electron chi connectivity index (χ2n) is 4.61. The van der Waals surface area contributed by atoms with Gasteiger partial charge in [0.05, 0.1) is 19.8 Å². The Hall–Kier alpha value is -1.77. The minimum absolute atomic E-state index is 0.0504. The molecule has 0 aliphatic carbocycles. The lowest BCUT2D eigenvalue weighted by Crippen LogP contribution is -2.43. The molecule has 3 N–H and O–H groups in total. The average molecular weight is 285 g/mol. The van der Waals surface area contributed by atoms with Crippen LogP contribution in [-0.4, -0.2) is 58.4 Å². The number of aliphatic hydroxyl groups is 2. The van der Waals surface area contributed by atoms with E-state index in [0.717, 1.165) is 4.68 Å². The van der Waals surface area contributed by atoms with Crippen LogP contribution in [0.3, 0.4) is 0 Å². The van der Waals surface area contributed by atoms with E-state index in [1.165, 1.54) is 26.2 Å². The molecule has 8 nitrogen and oxygen atoms in total. The first-order valence-corrected chi connectivity index (χ1v) is 6.08. The smallest absolute Gasteiger partial charge is 0.271 e. The summed E-state index contributed by atoms with van der Waals surface area (Å²) >= 11 is 0. The lowest BCUT2D eigenvalue weighted by Gasteiger charge is -2.20. The molecule has 0 aliphatic rings. The zero-order valence-corrected chi connectivity index (χ0v) is 11.5. The van der Waals surface area contributed by atoms with Crippen LogP contribution < -0.4 is 10.9 Å². The zero-order valence-electron chi connectivity index (χ0n) is 11.5. The van der Waals surface area contributed by atoms with Gasteiger partial charge in [0.15, 0.2) is 0 Å². The minimum Gasteiger partial charge on any atom is -0.393 e. The number of nitrogens with one attached hydrogen (secondary N) is 1. The van der Waals surface area contributed by atoms with Crippen molar-refractivity contribution in [2.45, 2.75) is 19.1 Å². The largest absolute Gasteiger partial charge is 0.393 e. The van der Waals surface area contributed by atoms with Gasteiger partial charge in [-0.2, -0.15) is 5.10 Å². The maximum atomic E-state index is 11.8. The molecule has 1 amide bonds. The molecule has 0 spiro atoms. The van der Waals surface area contributed by atoms with E-state index in [2.05, 4.69) is 10.4 Å². The van der Waals surface area contributed by atoms with Crippen molar-refractivity contribution in [2.75, 3.05) is 26.9 Å². The van der Waals surface area contributed by atoms with E-state index in [0.29, 0.717) is 6.61 Å². The lowest BCUT2D eigenvalue weighted by molar-refractivity contribution is 0.00314. The van der Waals surface area contributed by atoms with Gasteiger partial charge in [0, 0.05) is 19.7 Å². The SMILES string of the molecule is COCCn1nc(C(=O)NCC(C)(O)CO)ccc1=O. The molecule has 1 unspecified atom stereocenters. The van der Waals surface area contributed by atoms with Crippen LogP contribution in [-0.2, 0) is 11.3 Å². The van der Waals surface area contributed by atoms with Crippen molar-refractivity contribution >= 4 is 5.91 Å². The number of carbonyl (C=O) groups excluding carboxylic acids is 1. The Labute approximate surface area is 116 Å². The van der Waals surface area contributed by atoms with E-state index in [4.69, 9.17) is 9.84 Å². The van der Waals surface area contributed by atoms with Gasteiger partial charge in [-0.05, 0) is 13.0 Å². The molecule has 0 aliphatic heterocycles. The molecule has 1 heterocycles. The molecule has 1 rings (SSSR count). The number of hydrogen-bond donors (Lipinski definition) is 3. The van der Waals surface area contributed by atoms with Gasteiger partial charge >= 0.3 is 0 Å². The normalized spacial score (nSPS) is 13.8. The lowest BCUT2D eigenvalue weighted by atomic mass is 10.1. The molecule has 0 bridgehead atoms. The molecular weight excluding hydrogens is 266 g/mol. The number of nitrogens with zero attached hydrogens (tertiary/aromatic N) is 2. The van der Waals surface area contributed by atoms with Crippen molar-refractivity contribution in [3.8, 4) is 0 Å². The Morgan fingerprint density at radius 3 is 2.85 bits per heavy atom. The maximum absolute atomic E-state index is 11.8. The fourth-order valence-electron chi connectivity index (χ4n) is 1.33. The maximum Gasteiger partial charge on any atom is 0.271 e. The summed E-state index contributed by atoms with van der Waals surface area (Å²) in [5.41, 5.74) is -1.68. The highest BCUT2D eigenvalue weighted by Gasteiger charge is 2.20. The van der Waals surface area contributed by atoms with Crippen molar-refractivity contribution in [2.24, 2.45) is 0 Å². The molecule has 0 fully saturated rings. The van der Waals surface area contributed by atoms with Crippen molar-refractivity contribution in [3.63, 3.8) is 0 Å². The predicted molar refractivity (Wildman–Crippen MR) is 70.4 cm³/mol. The number of rotatable bonds is 7. The Morgan fingerprint density at radius 1 is 1.55 bits per heavy atom. The Morgan fingerprint density at radius 2 is 2.25 bits per heavy atom. The number of aromatic nitrogens is 2. The van der Waals surface area contributed by atoms with Crippen LogP contribution in [0.1, 0.15) is 17.4 Å². The molecule has 1 aromatic rings. The Kier molecular flexibility index (Phi) is 5.81. The van der Waals surface area contributed by atoms with Gasteiger partial charge in [-0.1, -0.05) is 0 Å². The first kappa shape index (κ1) is 16.3. The first-order valence-electron chi connectivity index (χ1n) is 6.08. The van der Waals surface area contributed by atoms with Crippen LogP contribution in [0.5, 0.6) is 0 Å². The van der Waals surface area contributed by atoms with Crippen LogP contribution in [0, 0.1) is 0 Å². The van der Waals surface area contributed by atoms with Crippen molar-refractivity contribution in [3.05, 3.63) is 28.2 Å². The highest BCUT2D eigenvalue weighted by atomic mass is 16.5. The molecule has 0 aromatic carbocycles. The minimum atomic E-state index is -1.40. The fourth-order valence-corrected chi connectivity index (χ4v) is 1.33. The summed E-state index contributed by atoms with van der Waals surface area (Å²) in [5, 5.41) is 24.8. The molecule has 112 valence electrons. The average Bonchev–Trinajstić information content (AvgIpc) is 2.44. The summed E-state index contributed by atoms with van der Waals surface area (Å²) in [7, 11) is 1.50. The van der Waals surface area contributed by atoms with Crippen LogP contribution in [0.25, 0.3) is 0 Å². The molecule has 0 saturated carbocycles. The van der Waals surface area contributed by atoms with Crippen molar-refractivity contribution in [1.82, 2.24) is 15.1 Å². The molecule has 0 radical (unpaired) electrons. The third-order valence-corrected chi connectivity index (χ3v) is 2.58. The van der Waals surface area contributed by atoms with Gasteiger partial charge in [-0.15, -0.1) is 0 Å². The molecule has 20 heavy (non-hydrogen) atoms. The summed E-state index contributed by atoms with van der Waals surface area (Å²) in [4.78, 5) is 23.3. The molecule has 0 saturated heterocycles. The predicted octanol–water partition coefficient (Wildman–Crippen LogP) is -1.64. The van der Waals surface area contributed by atoms with Crippen LogP contribution >= 0.6 is 0 Å². The summed E-state index contributed by atoms with van der Waals surface area (Å²) in [5.74, 6) is -0.537. The molecule has 8 heteroatoms. The number of methoxy groups -OCH3 is 1. The van der Waals surface area contributed by atoms with Gasteiger partial charge in [0.2, 0.25) is 0 Å². The van der Waals surface area contributed by atoms with E-state index in [-0.39, 0.29) is 24.3 Å². The van der Waals surface area contributed by atoms with E-state index in [9.17, 15) is 14.7 Å². The summed E-state index contributed by atoms with van der Waals surface area (Å²) in [6.45, 7) is 1.33. The van der Waals surface area contributed by atoms with Gasteiger partial charge in [0.25, 0.3) is 11.5 Å². The zero-order chi connectivity index (χ0) is 15.2. The number of amides is 1. The third-order valence-electron chi connectivity index (χ3n) is 2.58. The van der Waals surface area contributed by atoms with E-state index in [1.54, 1.807) is 0 Å². The van der Waals surface area contributed by atoms with E-state index >= 15 is 0 Å². The van der Waals surface area contributed by atoms with Gasteiger partial charge in [-0.25, -0.2) is 4.68 Å². The van der Waals surface area contributed by atoms with Gasteiger partial charge < -0.3 is 20.3 Å². The van der Waals surface area contributed by atoms with E-state index in [1.807, 2.05) is 0 Å². The highest BCUT2D eigenvalue weighted by Crippen LogP contribution is 1.99. The van der Waals surface area contributed by atoms with Crippen molar-refractivity contribution in [1.29, 1.82) is 0 Å². The van der Waals surface area contributed by atoms with Crippen molar-refractivity contribution < 1.29 is 19.7 Å². The number of hydrogen-bond acceptors (Lipinski definition) is 6. The third kappa shape index (κ3) is 4.72. The molecule has 1 atom stereocenters. The van der Waals surface area contributed by atoms with Crippen LogP contribution in [0.2, 0.25) is 0 Å². The number of carbonyl (C=O) groups is 1. The monoisotopic (exact) mass is 285 g/mol. The summed E-state index contributed by atoms with van der Waals surface area (Å²) in [6, 6.07) is 2.54. The van der Waals surface area contributed by atoms with E-state index < -0.39 is 18.1 Å². The Bertz CT molecular complexity index is 512. The molecule has 1 aromatic heterocycles. The highest BCUT2D eigenvalue weighted by molar-refractivity contribution is 5.92. The summed E-state index contributed by atoms with van der Waals surface area (Å²) in [6.07, 6.45) is 0. The number of aliphatic hydroxyl groups excluding tert-OH is 1. The quantitative estimate of drug-likeness (QED) is 0.554. The van der Waals surface area contributed by atoms with Gasteiger partial charge in [0.1, 0.15) is 11.3 Å². The standard InChI is InChI=1S/C12H19N3O5/c1-12(19,8-16)7-13-11(18)9-3-4-10(17)15(14-9)5-6-20-2/h3-4,16,19H,5-8H2,1-2H3,(H,13,18). The van der Waals surface area contributed by atoms with Gasteiger partial charge in [-0.3, -0.25) is 9.59 Å². The first-order chi connectivity index (χ1) is 9.39. The molecular formula is C12H19N3O5. The second-order valence-corrected chi connectivity index (χ2v) is 4.61. The number of ether oxygens (including phenoxy) is 1. The Balaban J connectivity index is 2.76. The van der Waals surface area contributed by atoms with Crippen LogP contribution in [0.15, 0.2) is 16.9 Å².